The van der Waals surface area contributed by atoms with Crippen molar-refractivity contribution < 1.29 is 17.9 Å². The first-order valence-corrected chi connectivity index (χ1v) is 9.08. The van der Waals surface area contributed by atoms with Crippen molar-refractivity contribution in [1.29, 1.82) is 0 Å². The molecular formula is C16H24N2O4S. The lowest BCUT2D eigenvalue weighted by atomic mass is 10.2. The molecule has 7 heteroatoms. The minimum absolute atomic E-state index is 0.273. The maximum Gasteiger partial charge on any atom is 0.410 e. The molecule has 0 radical (unpaired) electrons. The van der Waals surface area contributed by atoms with Gasteiger partial charge in [-0.1, -0.05) is 12.1 Å². The molecule has 0 saturated carbocycles. The highest BCUT2D eigenvalue weighted by molar-refractivity contribution is 7.89. The van der Waals surface area contributed by atoms with E-state index >= 15 is 0 Å². The van der Waals surface area contributed by atoms with Crippen LogP contribution in [-0.2, 0) is 14.8 Å². The van der Waals surface area contributed by atoms with Crippen LogP contribution in [0.3, 0.4) is 0 Å². The summed E-state index contributed by atoms with van der Waals surface area (Å²) in [6.45, 7) is 8.50. The van der Waals surface area contributed by atoms with Crippen LogP contribution in [0.25, 0.3) is 0 Å². The normalized spacial score (nSPS) is 17.1. The summed E-state index contributed by atoms with van der Waals surface area (Å²) in [6, 6.07) is 6.86. The summed E-state index contributed by atoms with van der Waals surface area (Å²) in [6.07, 6.45) is -0.398. The molecule has 1 saturated heterocycles. The molecule has 0 spiro atoms. The summed E-state index contributed by atoms with van der Waals surface area (Å²) < 4.78 is 32.0. The second-order valence-electron chi connectivity index (χ2n) is 6.69. The quantitative estimate of drug-likeness (QED) is 0.828. The molecule has 0 atom stereocenters. The van der Waals surface area contributed by atoms with E-state index in [1.54, 1.807) is 23.1 Å². The summed E-state index contributed by atoms with van der Waals surface area (Å²) in [5.74, 6) is 0. The summed E-state index contributed by atoms with van der Waals surface area (Å²) in [5, 5.41) is 0. The largest absolute Gasteiger partial charge is 0.444 e. The van der Waals surface area contributed by atoms with Crippen molar-refractivity contribution in [2.45, 2.75) is 38.2 Å². The van der Waals surface area contributed by atoms with Gasteiger partial charge < -0.3 is 9.64 Å². The van der Waals surface area contributed by atoms with Crippen LogP contribution in [0.2, 0.25) is 0 Å². The number of aryl methyl sites for hydroxylation is 1. The predicted octanol–water partition coefficient (Wildman–Crippen LogP) is 2.24. The molecule has 1 aromatic carbocycles. The van der Waals surface area contributed by atoms with Gasteiger partial charge in [-0.3, -0.25) is 0 Å². The number of carbonyl (C=O) groups is 1. The zero-order valence-electron chi connectivity index (χ0n) is 14.1. The molecule has 1 aliphatic rings. The third-order valence-corrected chi connectivity index (χ3v) is 5.41. The van der Waals surface area contributed by atoms with Crippen LogP contribution < -0.4 is 0 Å². The average Bonchev–Trinajstić information content (AvgIpc) is 2.45. The summed E-state index contributed by atoms with van der Waals surface area (Å²) in [7, 11) is -3.51. The molecule has 1 aliphatic heterocycles. The van der Waals surface area contributed by atoms with Crippen LogP contribution in [0.5, 0.6) is 0 Å². The second kappa shape index (κ2) is 6.49. The minimum Gasteiger partial charge on any atom is -0.444 e. The topological polar surface area (TPSA) is 66.9 Å². The Labute approximate surface area is 138 Å². The lowest BCUT2D eigenvalue weighted by Gasteiger charge is -2.35. The molecule has 0 N–H and O–H groups in total. The fourth-order valence-corrected chi connectivity index (χ4v) is 3.89. The Hall–Kier alpha value is -1.60. The summed E-state index contributed by atoms with van der Waals surface area (Å²) in [4.78, 5) is 13.9. The van der Waals surface area contributed by atoms with Crippen molar-refractivity contribution in [3.05, 3.63) is 29.8 Å². The van der Waals surface area contributed by atoms with Crippen LogP contribution in [0, 0.1) is 6.92 Å². The van der Waals surface area contributed by atoms with E-state index in [2.05, 4.69) is 0 Å². The molecule has 0 bridgehead atoms. The Bertz CT molecular complexity index is 672. The lowest BCUT2D eigenvalue weighted by molar-refractivity contribution is 0.0192. The number of amides is 1. The standard InChI is InChI=1S/C16H24N2O4S/c1-13-6-5-7-14(12-13)23(20,21)18-10-8-17(9-11-18)15(19)22-16(2,3)4/h5-7,12H,8-11H2,1-4H3. The van der Waals surface area contributed by atoms with E-state index in [1.807, 2.05) is 33.8 Å². The third kappa shape index (κ3) is 4.45. The molecule has 1 heterocycles. The van der Waals surface area contributed by atoms with Crippen LogP contribution in [0.1, 0.15) is 26.3 Å². The number of carbonyl (C=O) groups excluding carboxylic acids is 1. The maximum absolute atomic E-state index is 12.6. The zero-order chi connectivity index (χ0) is 17.3. The van der Waals surface area contributed by atoms with Crippen molar-refractivity contribution in [2.24, 2.45) is 0 Å². The Morgan fingerprint density at radius 1 is 1.13 bits per heavy atom. The van der Waals surface area contributed by atoms with Gasteiger partial charge in [0, 0.05) is 26.2 Å². The highest BCUT2D eigenvalue weighted by Gasteiger charge is 2.31. The number of hydrogen-bond donors (Lipinski definition) is 0. The van der Waals surface area contributed by atoms with E-state index in [-0.39, 0.29) is 13.1 Å². The number of benzene rings is 1. The molecule has 0 unspecified atom stereocenters. The highest BCUT2D eigenvalue weighted by atomic mass is 32.2. The van der Waals surface area contributed by atoms with Crippen molar-refractivity contribution in [3.63, 3.8) is 0 Å². The number of hydrogen-bond acceptors (Lipinski definition) is 4. The van der Waals surface area contributed by atoms with Gasteiger partial charge in [0.05, 0.1) is 4.90 Å². The van der Waals surface area contributed by atoms with Gasteiger partial charge in [-0.2, -0.15) is 4.31 Å². The first-order valence-electron chi connectivity index (χ1n) is 7.64. The second-order valence-corrected chi connectivity index (χ2v) is 8.63. The van der Waals surface area contributed by atoms with E-state index in [0.717, 1.165) is 5.56 Å². The third-order valence-electron chi connectivity index (χ3n) is 3.52. The fraction of sp³-hybridized carbons (Fsp3) is 0.562. The molecule has 1 amide bonds. The van der Waals surface area contributed by atoms with Gasteiger partial charge in [0.2, 0.25) is 10.0 Å². The molecular weight excluding hydrogens is 316 g/mol. The first kappa shape index (κ1) is 17.7. The molecule has 6 nitrogen and oxygen atoms in total. The monoisotopic (exact) mass is 340 g/mol. The number of rotatable bonds is 2. The number of piperazine rings is 1. The van der Waals surface area contributed by atoms with Crippen LogP contribution in [-0.4, -0.2) is 55.5 Å². The van der Waals surface area contributed by atoms with E-state index in [4.69, 9.17) is 4.74 Å². The Balaban J connectivity index is 2.03. The molecule has 23 heavy (non-hydrogen) atoms. The molecule has 1 aromatic rings. The predicted molar refractivity (Wildman–Crippen MR) is 87.7 cm³/mol. The maximum atomic E-state index is 12.6. The Morgan fingerprint density at radius 3 is 2.26 bits per heavy atom. The molecule has 0 aliphatic carbocycles. The van der Waals surface area contributed by atoms with Gasteiger partial charge in [-0.25, -0.2) is 13.2 Å². The fourth-order valence-electron chi connectivity index (χ4n) is 2.36. The van der Waals surface area contributed by atoms with Crippen LogP contribution in [0.15, 0.2) is 29.2 Å². The lowest BCUT2D eigenvalue weighted by Crippen LogP contribution is -2.51. The van der Waals surface area contributed by atoms with E-state index in [0.29, 0.717) is 18.0 Å². The number of sulfonamides is 1. The molecule has 2 rings (SSSR count). The smallest absolute Gasteiger partial charge is 0.410 e. The molecule has 128 valence electrons. The van der Waals surface area contributed by atoms with Gasteiger partial charge >= 0.3 is 6.09 Å². The first-order chi connectivity index (χ1) is 10.6. The van der Waals surface area contributed by atoms with Gasteiger partial charge in [0.25, 0.3) is 0 Å². The van der Waals surface area contributed by atoms with Gasteiger partial charge in [-0.15, -0.1) is 0 Å². The Kier molecular flexibility index (Phi) is 5.01. The van der Waals surface area contributed by atoms with Gasteiger partial charge in [0.1, 0.15) is 5.60 Å². The van der Waals surface area contributed by atoms with Crippen molar-refractivity contribution >= 4 is 16.1 Å². The van der Waals surface area contributed by atoms with Crippen molar-refractivity contribution in [2.75, 3.05) is 26.2 Å². The van der Waals surface area contributed by atoms with Crippen molar-refractivity contribution in [1.82, 2.24) is 9.21 Å². The average molecular weight is 340 g/mol. The highest BCUT2D eigenvalue weighted by Crippen LogP contribution is 2.19. The van der Waals surface area contributed by atoms with E-state index in [9.17, 15) is 13.2 Å². The zero-order valence-corrected chi connectivity index (χ0v) is 14.9. The SMILES string of the molecule is Cc1cccc(S(=O)(=O)N2CCN(C(=O)OC(C)(C)C)CC2)c1. The van der Waals surface area contributed by atoms with E-state index in [1.165, 1.54) is 4.31 Å². The van der Waals surface area contributed by atoms with Crippen molar-refractivity contribution in [3.8, 4) is 0 Å². The van der Waals surface area contributed by atoms with Gasteiger partial charge in [-0.05, 0) is 45.4 Å². The van der Waals surface area contributed by atoms with Crippen LogP contribution >= 0.6 is 0 Å². The minimum atomic E-state index is -3.51. The van der Waals surface area contributed by atoms with E-state index < -0.39 is 21.7 Å². The van der Waals surface area contributed by atoms with Crippen LogP contribution in [0.4, 0.5) is 4.79 Å². The molecule has 1 fully saturated rings. The number of ether oxygens (including phenoxy) is 1. The summed E-state index contributed by atoms with van der Waals surface area (Å²) in [5.41, 5.74) is 0.348. The summed E-state index contributed by atoms with van der Waals surface area (Å²) >= 11 is 0. The van der Waals surface area contributed by atoms with Gasteiger partial charge in [0.15, 0.2) is 0 Å². The Morgan fingerprint density at radius 2 is 1.74 bits per heavy atom. The number of nitrogens with zero attached hydrogens (tertiary/aromatic N) is 2. The molecule has 0 aromatic heterocycles.